The minimum atomic E-state index is -0.352. The van der Waals surface area contributed by atoms with Crippen LogP contribution in [0.2, 0.25) is 5.02 Å². The quantitative estimate of drug-likeness (QED) is 0.813. The molecule has 4 nitrogen and oxygen atoms in total. The molecule has 0 saturated heterocycles. The largest absolute Gasteiger partial charge is 0.491 e. The van der Waals surface area contributed by atoms with E-state index in [1.54, 1.807) is 42.5 Å². The fourth-order valence-corrected chi connectivity index (χ4v) is 2.11. The second kappa shape index (κ2) is 7.61. The van der Waals surface area contributed by atoms with Crippen molar-refractivity contribution in [2.45, 2.75) is 13.3 Å². The average molecular weight is 318 g/mol. The van der Waals surface area contributed by atoms with Gasteiger partial charge >= 0.3 is 0 Å². The molecule has 0 aliphatic carbocycles. The summed E-state index contributed by atoms with van der Waals surface area (Å²) in [4.78, 5) is 23.2. The molecule has 1 N–H and O–H groups in total. The Morgan fingerprint density at radius 3 is 2.73 bits per heavy atom. The van der Waals surface area contributed by atoms with E-state index in [2.05, 4.69) is 5.32 Å². The number of anilines is 1. The number of carbonyl (C=O) groups is 2. The summed E-state index contributed by atoms with van der Waals surface area (Å²) in [5.41, 5.74) is 1.27. The lowest BCUT2D eigenvalue weighted by Gasteiger charge is -2.13. The van der Waals surface area contributed by atoms with Gasteiger partial charge in [-0.2, -0.15) is 0 Å². The van der Waals surface area contributed by atoms with Crippen LogP contribution in [0.15, 0.2) is 42.5 Å². The molecule has 0 aliphatic heterocycles. The SMILES string of the molecule is CCCOc1ccc(C=O)cc1NC(=O)c1ccccc1Cl. The first-order valence-corrected chi connectivity index (χ1v) is 7.31. The number of amides is 1. The summed E-state index contributed by atoms with van der Waals surface area (Å²) in [6.07, 6.45) is 1.56. The van der Waals surface area contributed by atoms with Crippen LogP contribution < -0.4 is 10.1 Å². The van der Waals surface area contributed by atoms with Crippen molar-refractivity contribution in [3.63, 3.8) is 0 Å². The standard InChI is InChI=1S/C17H16ClNO3/c1-2-9-22-16-8-7-12(11-20)10-15(16)19-17(21)13-5-3-4-6-14(13)18/h3-8,10-11H,2,9H2,1H3,(H,19,21). The predicted octanol–water partition coefficient (Wildman–Crippen LogP) is 4.19. The van der Waals surface area contributed by atoms with Crippen molar-refractivity contribution in [2.24, 2.45) is 0 Å². The Morgan fingerprint density at radius 2 is 2.05 bits per heavy atom. The van der Waals surface area contributed by atoms with Gasteiger partial charge in [0.05, 0.1) is 22.9 Å². The van der Waals surface area contributed by atoms with Gasteiger partial charge in [-0.25, -0.2) is 0 Å². The number of hydrogen-bond acceptors (Lipinski definition) is 3. The zero-order valence-corrected chi connectivity index (χ0v) is 12.9. The van der Waals surface area contributed by atoms with E-state index in [0.717, 1.165) is 12.7 Å². The fraction of sp³-hybridized carbons (Fsp3) is 0.176. The molecule has 1 amide bonds. The maximum atomic E-state index is 12.3. The smallest absolute Gasteiger partial charge is 0.257 e. The molecule has 0 bridgehead atoms. The Hall–Kier alpha value is -2.33. The highest BCUT2D eigenvalue weighted by molar-refractivity contribution is 6.34. The summed E-state index contributed by atoms with van der Waals surface area (Å²) in [6.45, 7) is 2.51. The number of halogens is 1. The number of nitrogens with one attached hydrogen (secondary N) is 1. The third-order valence-corrected chi connectivity index (χ3v) is 3.30. The maximum Gasteiger partial charge on any atom is 0.257 e. The Balaban J connectivity index is 2.28. The Morgan fingerprint density at radius 1 is 1.27 bits per heavy atom. The fourth-order valence-electron chi connectivity index (χ4n) is 1.89. The van der Waals surface area contributed by atoms with Crippen LogP contribution in [0.25, 0.3) is 0 Å². The molecule has 114 valence electrons. The van der Waals surface area contributed by atoms with E-state index in [4.69, 9.17) is 16.3 Å². The monoisotopic (exact) mass is 317 g/mol. The lowest BCUT2D eigenvalue weighted by Crippen LogP contribution is -2.14. The molecule has 2 rings (SSSR count). The zero-order chi connectivity index (χ0) is 15.9. The molecule has 0 aliphatic rings. The molecule has 0 aromatic heterocycles. The van der Waals surface area contributed by atoms with Crippen molar-refractivity contribution in [2.75, 3.05) is 11.9 Å². The zero-order valence-electron chi connectivity index (χ0n) is 12.1. The van der Waals surface area contributed by atoms with Crippen LogP contribution >= 0.6 is 11.6 Å². The molecule has 0 atom stereocenters. The van der Waals surface area contributed by atoms with Crippen molar-refractivity contribution in [3.05, 3.63) is 58.6 Å². The molecule has 22 heavy (non-hydrogen) atoms. The minimum Gasteiger partial charge on any atom is -0.491 e. The van der Waals surface area contributed by atoms with Crippen LogP contribution in [0.3, 0.4) is 0 Å². The van der Waals surface area contributed by atoms with Gasteiger partial charge in [0.2, 0.25) is 0 Å². The van der Waals surface area contributed by atoms with E-state index in [1.807, 2.05) is 6.92 Å². The van der Waals surface area contributed by atoms with Crippen molar-refractivity contribution in [1.29, 1.82) is 0 Å². The number of benzene rings is 2. The van der Waals surface area contributed by atoms with Crippen LogP contribution in [-0.2, 0) is 0 Å². The topological polar surface area (TPSA) is 55.4 Å². The van der Waals surface area contributed by atoms with Gasteiger partial charge in [0.1, 0.15) is 12.0 Å². The van der Waals surface area contributed by atoms with Gasteiger partial charge in [-0.3, -0.25) is 9.59 Å². The Bertz CT molecular complexity index is 685. The molecular formula is C17H16ClNO3. The summed E-state index contributed by atoms with van der Waals surface area (Å²) in [7, 11) is 0. The van der Waals surface area contributed by atoms with Gasteiger partial charge < -0.3 is 10.1 Å². The normalized spacial score (nSPS) is 10.1. The van der Waals surface area contributed by atoms with Crippen LogP contribution in [0.5, 0.6) is 5.75 Å². The molecule has 0 heterocycles. The number of rotatable bonds is 6. The molecular weight excluding hydrogens is 302 g/mol. The van der Waals surface area contributed by atoms with Crippen molar-refractivity contribution < 1.29 is 14.3 Å². The molecule has 5 heteroatoms. The first-order valence-electron chi connectivity index (χ1n) is 6.93. The van der Waals surface area contributed by atoms with E-state index in [-0.39, 0.29) is 5.91 Å². The van der Waals surface area contributed by atoms with Crippen LogP contribution in [-0.4, -0.2) is 18.8 Å². The van der Waals surface area contributed by atoms with Crippen molar-refractivity contribution in [3.8, 4) is 5.75 Å². The van der Waals surface area contributed by atoms with E-state index in [9.17, 15) is 9.59 Å². The summed E-state index contributed by atoms with van der Waals surface area (Å²) < 4.78 is 5.59. The number of carbonyl (C=O) groups excluding carboxylic acids is 2. The molecule has 0 radical (unpaired) electrons. The van der Waals surface area contributed by atoms with Crippen molar-refractivity contribution in [1.82, 2.24) is 0 Å². The van der Waals surface area contributed by atoms with E-state index >= 15 is 0 Å². The van der Waals surface area contributed by atoms with Crippen LogP contribution in [0.4, 0.5) is 5.69 Å². The van der Waals surface area contributed by atoms with Crippen LogP contribution in [0.1, 0.15) is 34.1 Å². The minimum absolute atomic E-state index is 0.352. The summed E-state index contributed by atoms with van der Waals surface area (Å²) in [6, 6.07) is 11.6. The Labute approximate surface area is 134 Å². The predicted molar refractivity (Wildman–Crippen MR) is 87.0 cm³/mol. The van der Waals surface area contributed by atoms with Gasteiger partial charge in [0, 0.05) is 5.56 Å². The third kappa shape index (κ3) is 3.86. The van der Waals surface area contributed by atoms with Gasteiger partial charge in [-0.15, -0.1) is 0 Å². The second-order valence-electron chi connectivity index (χ2n) is 4.66. The molecule has 0 spiro atoms. The highest BCUT2D eigenvalue weighted by Crippen LogP contribution is 2.27. The summed E-state index contributed by atoms with van der Waals surface area (Å²) in [5, 5.41) is 3.11. The van der Waals surface area contributed by atoms with Gasteiger partial charge in [-0.05, 0) is 36.8 Å². The maximum absolute atomic E-state index is 12.3. The lowest BCUT2D eigenvalue weighted by atomic mass is 10.1. The molecule has 0 saturated carbocycles. The van der Waals surface area contributed by atoms with E-state index < -0.39 is 0 Å². The first kappa shape index (κ1) is 16.0. The van der Waals surface area contributed by atoms with Crippen molar-refractivity contribution >= 4 is 29.5 Å². The molecule has 0 fully saturated rings. The molecule has 2 aromatic carbocycles. The van der Waals surface area contributed by atoms with E-state index in [0.29, 0.717) is 34.2 Å². The second-order valence-corrected chi connectivity index (χ2v) is 5.06. The summed E-state index contributed by atoms with van der Waals surface area (Å²) >= 11 is 6.02. The van der Waals surface area contributed by atoms with Gasteiger partial charge in [-0.1, -0.05) is 30.7 Å². The van der Waals surface area contributed by atoms with E-state index in [1.165, 1.54) is 0 Å². The number of hydrogen-bond donors (Lipinski definition) is 1. The molecule has 0 unspecified atom stereocenters. The average Bonchev–Trinajstić information content (AvgIpc) is 2.53. The van der Waals surface area contributed by atoms with Gasteiger partial charge in [0.25, 0.3) is 5.91 Å². The number of ether oxygens (including phenoxy) is 1. The number of aldehydes is 1. The van der Waals surface area contributed by atoms with Gasteiger partial charge in [0.15, 0.2) is 0 Å². The lowest BCUT2D eigenvalue weighted by molar-refractivity contribution is 0.102. The van der Waals surface area contributed by atoms with Crippen LogP contribution in [0, 0.1) is 0 Å². The molecule has 2 aromatic rings. The highest BCUT2D eigenvalue weighted by atomic mass is 35.5. The highest BCUT2D eigenvalue weighted by Gasteiger charge is 2.13. The first-order chi connectivity index (χ1) is 10.7. The third-order valence-electron chi connectivity index (χ3n) is 2.97. The Kier molecular flexibility index (Phi) is 5.55. The summed E-state index contributed by atoms with van der Waals surface area (Å²) in [5.74, 6) is 0.169.